The normalized spacial score (nSPS) is 15.0. The first kappa shape index (κ1) is 43.2. The maximum Gasteiger partial charge on any atom is 0.472 e. The van der Waals surface area contributed by atoms with Gasteiger partial charge in [0.1, 0.15) is 13.2 Å². The van der Waals surface area contributed by atoms with Gasteiger partial charge in [-0.05, 0) is 38.5 Å². The van der Waals surface area contributed by atoms with Crippen molar-refractivity contribution in [3.8, 4) is 0 Å². The first-order valence-electron chi connectivity index (χ1n) is 18.1. The zero-order valence-corrected chi connectivity index (χ0v) is 30.3. The van der Waals surface area contributed by atoms with Gasteiger partial charge in [-0.25, -0.2) is 4.57 Å². The number of phosphoric acid groups is 1. The molecular weight excluding hydrogens is 575 g/mol. The zero-order valence-electron chi connectivity index (χ0n) is 29.4. The Morgan fingerprint density at radius 3 is 1.75 bits per heavy atom. The first-order chi connectivity index (χ1) is 21.0. The number of quaternary nitrogens is 1. The standard InChI is InChI=1S/C35H71N2O6P/c1-6-8-10-12-14-16-17-18-19-20-21-23-25-27-29-35(39)36-33(32-43-44(40,41)42-31-30-37(3,4)5)34(38)28-26-24-22-15-13-11-9-7-2/h17-18,33-34,38H,6-16,19-32H2,1-5H3,(H-,36,39,40,41)/p+1/b18-17-. The summed E-state index contributed by atoms with van der Waals surface area (Å²) in [5.74, 6) is -0.158. The van der Waals surface area contributed by atoms with E-state index >= 15 is 0 Å². The number of likely N-dealkylation sites (N-methyl/N-ethyl adjacent to an activating group) is 1. The number of aliphatic hydroxyl groups is 1. The Morgan fingerprint density at radius 2 is 1.23 bits per heavy atom. The van der Waals surface area contributed by atoms with Gasteiger partial charge in [-0.15, -0.1) is 0 Å². The van der Waals surface area contributed by atoms with Crippen LogP contribution < -0.4 is 5.32 Å². The Balaban J connectivity index is 4.46. The molecule has 0 heterocycles. The second-order valence-corrected chi connectivity index (χ2v) is 15.1. The number of hydrogen-bond donors (Lipinski definition) is 3. The summed E-state index contributed by atoms with van der Waals surface area (Å²) in [5.41, 5.74) is 0. The van der Waals surface area contributed by atoms with Crippen molar-refractivity contribution >= 4 is 13.7 Å². The molecule has 0 aliphatic rings. The maximum atomic E-state index is 12.7. The lowest BCUT2D eigenvalue weighted by atomic mass is 10.0. The second kappa shape index (κ2) is 28.5. The number of nitrogens with one attached hydrogen (secondary N) is 1. The van der Waals surface area contributed by atoms with Crippen molar-refractivity contribution < 1.29 is 32.9 Å². The van der Waals surface area contributed by atoms with E-state index < -0.39 is 20.0 Å². The summed E-state index contributed by atoms with van der Waals surface area (Å²) in [6, 6.07) is -0.757. The molecule has 0 aromatic carbocycles. The number of rotatable bonds is 32. The van der Waals surface area contributed by atoms with Crippen LogP contribution in [-0.4, -0.2) is 73.4 Å². The molecule has 262 valence electrons. The molecule has 1 amide bonds. The van der Waals surface area contributed by atoms with Crippen LogP contribution in [0.15, 0.2) is 12.2 Å². The second-order valence-electron chi connectivity index (χ2n) is 13.6. The van der Waals surface area contributed by atoms with E-state index in [0.29, 0.717) is 23.9 Å². The topological polar surface area (TPSA) is 105 Å². The molecule has 3 atom stereocenters. The van der Waals surface area contributed by atoms with Crippen molar-refractivity contribution in [2.45, 2.75) is 167 Å². The summed E-state index contributed by atoms with van der Waals surface area (Å²) >= 11 is 0. The Morgan fingerprint density at radius 1 is 0.750 bits per heavy atom. The van der Waals surface area contributed by atoms with Gasteiger partial charge in [0.15, 0.2) is 0 Å². The van der Waals surface area contributed by atoms with Crippen LogP contribution in [0.5, 0.6) is 0 Å². The van der Waals surface area contributed by atoms with Gasteiger partial charge in [-0.2, -0.15) is 0 Å². The van der Waals surface area contributed by atoms with Crippen molar-refractivity contribution in [1.82, 2.24) is 5.32 Å². The molecule has 3 unspecified atom stereocenters. The molecule has 0 bridgehead atoms. The quantitative estimate of drug-likeness (QED) is 0.0292. The highest BCUT2D eigenvalue weighted by molar-refractivity contribution is 7.47. The molecule has 9 heteroatoms. The molecule has 0 aliphatic heterocycles. The van der Waals surface area contributed by atoms with Crippen molar-refractivity contribution in [3.05, 3.63) is 12.2 Å². The third kappa shape index (κ3) is 29.9. The lowest BCUT2D eigenvalue weighted by molar-refractivity contribution is -0.870. The molecule has 44 heavy (non-hydrogen) atoms. The van der Waals surface area contributed by atoms with Gasteiger partial charge in [0.25, 0.3) is 0 Å². The average Bonchev–Trinajstić information content (AvgIpc) is 2.95. The summed E-state index contributed by atoms with van der Waals surface area (Å²) < 4.78 is 23.4. The number of carbonyl (C=O) groups is 1. The first-order valence-corrected chi connectivity index (χ1v) is 19.5. The highest BCUT2D eigenvalue weighted by Crippen LogP contribution is 2.43. The van der Waals surface area contributed by atoms with E-state index in [2.05, 4.69) is 31.3 Å². The minimum Gasteiger partial charge on any atom is -0.391 e. The van der Waals surface area contributed by atoms with Gasteiger partial charge in [-0.1, -0.05) is 122 Å². The molecule has 0 aromatic heterocycles. The van der Waals surface area contributed by atoms with Gasteiger partial charge in [0, 0.05) is 6.42 Å². The van der Waals surface area contributed by atoms with Crippen molar-refractivity contribution in [1.29, 1.82) is 0 Å². The van der Waals surface area contributed by atoms with Crippen molar-refractivity contribution in [2.24, 2.45) is 0 Å². The van der Waals surface area contributed by atoms with E-state index in [1.165, 1.54) is 77.0 Å². The highest BCUT2D eigenvalue weighted by atomic mass is 31.2. The van der Waals surface area contributed by atoms with Crippen LogP contribution in [0, 0.1) is 0 Å². The third-order valence-electron chi connectivity index (χ3n) is 8.01. The third-order valence-corrected chi connectivity index (χ3v) is 9.00. The number of hydrogen-bond acceptors (Lipinski definition) is 5. The zero-order chi connectivity index (χ0) is 32.9. The fourth-order valence-corrected chi connectivity index (χ4v) is 5.77. The Kier molecular flexibility index (Phi) is 28.0. The van der Waals surface area contributed by atoms with Crippen LogP contribution >= 0.6 is 7.82 Å². The van der Waals surface area contributed by atoms with E-state index in [1.54, 1.807) is 0 Å². The predicted octanol–water partition coefficient (Wildman–Crippen LogP) is 8.85. The maximum absolute atomic E-state index is 12.7. The lowest BCUT2D eigenvalue weighted by Gasteiger charge is -2.26. The molecule has 0 rings (SSSR count). The number of allylic oxidation sites excluding steroid dienone is 2. The molecule has 8 nitrogen and oxygen atoms in total. The van der Waals surface area contributed by atoms with Gasteiger partial charge in [-0.3, -0.25) is 13.8 Å². The van der Waals surface area contributed by atoms with E-state index in [-0.39, 0.29) is 19.1 Å². The molecule has 0 saturated carbocycles. The molecule has 0 fully saturated rings. The number of aliphatic hydroxyl groups excluding tert-OH is 1. The molecule has 0 radical (unpaired) electrons. The molecule has 0 aromatic rings. The van der Waals surface area contributed by atoms with Crippen LogP contribution in [0.1, 0.15) is 155 Å². The summed E-state index contributed by atoms with van der Waals surface area (Å²) in [6.07, 6.45) is 28.1. The Hall–Kier alpha value is -0.760. The van der Waals surface area contributed by atoms with E-state index in [9.17, 15) is 19.4 Å². The van der Waals surface area contributed by atoms with E-state index in [0.717, 1.165) is 51.4 Å². The van der Waals surface area contributed by atoms with Crippen LogP contribution in [0.25, 0.3) is 0 Å². The van der Waals surface area contributed by atoms with Crippen molar-refractivity contribution in [2.75, 3.05) is 40.9 Å². The Labute approximate surface area is 272 Å². The molecule has 0 aliphatic carbocycles. The number of amides is 1. The summed E-state index contributed by atoms with van der Waals surface area (Å²) in [6.45, 7) is 4.81. The van der Waals surface area contributed by atoms with Crippen molar-refractivity contribution in [3.63, 3.8) is 0 Å². The number of unbranched alkanes of at least 4 members (excludes halogenated alkanes) is 17. The smallest absolute Gasteiger partial charge is 0.391 e. The molecule has 0 saturated heterocycles. The van der Waals surface area contributed by atoms with Crippen LogP contribution in [0.3, 0.4) is 0 Å². The Bertz CT molecular complexity index is 743. The molecular formula is C35H72N2O6P+. The predicted molar refractivity (Wildman–Crippen MR) is 185 cm³/mol. The molecule has 3 N–H and O–H groups in total. The monoisotopic (exact) mass is 648 g/mol. The fraction of sp³-hybridized carbons (Fsp3) is 0.914. The van der Waals surface area contributed by atoms with Gasteiger partial charge < -0.3 is 19.8 Å². The minimum atomic E-state index is -4.30. The average molecular weight is 648 g/mol. The van der Waals surface area contributed by atoms with Gasteiger partial charge in [0.05, 0.1) is 39.9 Å². The van der Waals surface area contributed by atoms with Gasteiger partial charge in [0.2, 0.25) is 5.91 Å². The van der Waals surface area contributed by atoms with Gasteiger partial charge >= 0.3 is 7.82 Å². The molecule has 0 spiro atoms. The fourth-order valence-electron chi connectivity index (χ4n) is 5.04. The van der Waals surface area contributed by atoms with Crippen LogP contribution in [-0.2, 0) is 18.4 Å². The lowest BCUT2D eigenvalue weighted by Crippen LogP contribution is -2.46. The highest BCUT2D eigenvalue weighted by Gasteiger charge is 2.28. The SMILES string of the molecule is CCCCCCC/C=C\CCCCCCCC(=O)NC(COP(=O)(O)OCC[N+](C)(C)C)C(O)CCCCCCCCCC. The number of phosphoric ester groups is 1. The number of carbonyl (C=O) groups excluding carboxylic acids is 1. The van der Waals surface area contributed by atoms with E-state index in [1.807, 2.05) is 21.1 Å². The van der Waals surface area contributed by atoms with Crippen LogP contribution in [0.2, 0.25) is 0 Å². The summed E-state index contributed by atoms with van der Waals surface area (Å²) in [7, 11) is 1.61. The largest absolute Gasteiger partial charge is 0.472 e. The minimum absolute atomic E-state index is 0.0739. The van der Waals surface area contributed by atoms with E-state index in [4.69, 9.17) is 9.05 Å². The summed E-state index contributed by atoms with van der Waals surface area (Å²) in [5, 5.41) is 13.8. The number of nitrogens with zero attached hydrogens (tertiary/aromatic N) is 1. The summed E-state index contributed by atoms with van der Waals surface area (Å²) in [4.78, 5) is 22.9. The van der Waals surface area contributed by atoms with Crippen LogP contribution in [0.4, 0.5) is 0 Å².